The second-order valence-corrected chi connectivity index (χ2v) is 3.32. The molecule has 84 valence electrons. The van der Waals surface area contributed by atoms with Crippen LogP contribution < -0.4 is 0 Å². The Morgan fingerprint density at radius 2 is 1.93 bits per heavy atom. The van der Waals surface area contributed by atoms with Gasteiger partial charge >= 0.3 is 0 Å². The van der Waals surface area contributed by atoms with Crippen molar-refractivity contribution in [2.24, 2.45) is 0 Å². The Labute approximate surface area is 93.0 Å². The van der Waals surface area contributed by atoms with E-state index in [1.807, 2.05) is 32.9 Å². The van der Waals surface area contributed by atoms with Crippen molar-refractivity contribution >= 4 is 5.91 Å². The molecule has 0 N–H and O–H groups in total. The predicted octanol–water partition coefficient (Wildman–Crippen LogP) is 3.28. The summed E-state index contributed by atoms with van der Waals surface area (Å²) in [6, 6.07) is 0. The minimum atomic E-state index is 0.177. The first kappa shape index (κ1) is 13.7. The van der Waals surface area contributed by atoms with E-state index in [0.717, 1.165) is 24.2 Å². The lowest BCUT2D eigenvalue weighted by atomic mass is 10.3. The number of carbonyl (C=O) groups excluding carboxylic acids is 1. The molecule has 1 rings (SSSR count). The van der Waals surface area contributed by atoms with E-state index in [1.165, 1.54) is 0 Å². The fourth-order valence-electron chi connectivity index (χ4n) is 1.28. The van der Waals surface area contributed by atoms with E-state index in [-0.39, 0.29) is 5.91 Å². The highest BCUT2D eigenvalue weighted by atomic mass is 16.2. The molecule has 2 heteroatoms. The summed E-state index contributed by atoms with van der Waals surface area (Å²) in [5, 5.41) is 0. The van der Waals surface area contributed by atoms with Crippen LogP contribution in [0.5, 0.6) is 0 Å². The van der Waals surface area contributed by atoms with Gasteiger partial charge in [-0.3, -0.25) is 4.79 Å². The zero-order chi connectivity index (χ0) is 11.8. The number of carbonyl (C=O) groups is 1. The van der Waals surface area contributed by atoms with Gasteiger partial charge in [0.2, 0.25) is 5.91 Å². The molecule has 1 amide bonds. The van der Waals surface area contributed by atoms with E-state index in [2.05, 4.69) is 13.2 Å². The maximum atomic E-state index is 11.3. The van der Waals surface area contributed by atoms with Crippen molar-refractivity contribution in [3.63, 3.8) is 0 Å². The van der Waals surface area contributed by atoms with Gasteiger partial charge in [0.1, 0.15) is 0 Å². The third-order valence-electron chi connectivity index (χ3n) is 1.98. The van der Waals surface area contributed by atoms with Crippen molar-refractivity contribution in [1.82, 2.24) is 4.90 Å². The fourth-order valence-corrected chi connectivity index (χ4v) is 1.28. The lowest BCUT2D eigenvalue weighted by Crippen LogP contribution is -2.22. The standard InChI is InChI=1S/C11H15NO.C2H6/c1-9(2)6-7-10(3)12-8-4-5-11(12)13;1-2/h6-7H,1,3-5,8H2,2H3;1-2H3/b7-6-;. The van der Waals surface area contributed by atoms with E-state index in [4.69, 9.17) is 0 Å². The summed E-state index contributed by atoms with van der Waals surface area (Å²) in [4.78, 5) is 13.0. The number of hydrogen-bond donors (Lipinski definition) is 0. The van der Waals surface area contributed by atoms with Gasteiger partial charge in [-0.1, -0.05) is 38.7 Å². The molecular weight excluding hydrogens is 186 g/mol. The van der Waals surface area contributed by atoms with Crippen LogP contribution in [0.3, 0.4) is 0 Å². The molecule has 0 unspecified atom stereocenters. The summed E-state index contributed by atoms with van der Waals surface area (Å²) < 4.78 is 0. The Balaban J connectivity index is 0.000000921. The minimum absolute atomic E-state index is 0.177. The summed E-state index contributed by atoms with van der Waals surface area (Å²) >= 11 is 0. The van der Waals surface area contributed by atoms with Gasteiger partial charge in [-0.15, -0.1) is 0 Å². The van der Waals surface area contributed by atoms with Gasteiger partial charge < -0.3 is 4.90 Å². The summed E-state index contributed by atoms with van der Waals surface area (Å²) in [7, 11) is 0. The Morgan fingerprint density at radius 3 is 2.33 bits per heavy atom. The summed E-state index contributed by atoms with van der Waals surface area (Å²) in [5.41, 5.74) is 1.73. The van der Waals surface area contributed by atoms with Gasteiger partial charge in [0.25, 0.3) is 0 Å². The van der Waals surface area contributed by atoms with Gasteiger partial charge in [0.05, 0.1) is 0 Å². The molecule has 0 aromatic rings. The minimum Gasteiger partial charge on any atom is -0.313 e. The molecule has 1 heterocycles. The third-order valence-corrected chi connectivity index (χ3v) is 1.98. The van der Waals surface area contributed by atoms with Crippen molar-refractivity contribution in [1.29, 1.82) is 0 Å². The molecule has 0 aromatic heterocycles. The zero-order valence-electron chi connectivity index (χ0n) is 10.0. The normalized spacial score (nSPS) is 15.1. The number of likely N-dealkylation sites (tertiary alicyclic amines) is 1. The van der Waals surface area contributed by atoms with E-state index in [1.54, 1.807) is 4.90 Å². The quantitative estimate of drug-likeness (QED) is 0.650. The Bertz CT molecular complexity index is 276. The van der Waals surface area contributed by atoms with Crippen molar-refractivity contribution in [3.8, 4) is 0 Å². The molecule has 0 radical (unpaired) electrons. The molecule has 0 aromatic carbocycles. The molecule has 0 bridgehead atoms. The average molecular weight is 207 g/mol. The molecule has 15 heavy (non-hydrogen) atoms. The molecule has 2 nitrogen and oxygen atoms in total. The van der Waals surface area contributed by atoms with Crippen molar-refractivity contribution in [2.45, 2.75) is 33.6 Å². The van der Waals surface area contributed by atoms with Crippen LogP contribution in [0.15, 0.2) is 36.6 Å². The number of rotatable bonds is 3. The SMILES string of the molecule is C=C(C)/C=C\C(=C)N1CCCC1=O.CC. The maximum absolute atomic E-state index is 11.3. The van der Waals surface area contributed by atoms with E-state index < -0.39 is 0 Å². The highest BCUT2D eigenvalue weighted by molar-refractivity contribution is 5.80. The van der Waals surface area contributed by atoms with Crippen LogP contribution in [-0.4, -0.2) is 17.4 Å². The Morgan fingerprint density at radius 1 is 1.33 bits per heavy atom. The van der Waals surface area contributed by atoms with E-state index in [0.29, 0.717) is 6.42 Å². The second kappa shape index (κ2) is 7.04. The van der Waals surface area contributed by atoms with Crippen LogP contribution in [-0.2, 0) is 4.79 Å². The first-order chi connectivity index (χ1) is 7.11. The number of allylic oxidation sites excluding steroid dienone is 3. The van der Waals surface area contributed by atoms with E-state index >= 15 is 0 Å². The fraction of sp³-hybridized carbons (Fsp3) is 0.462. The van der Waals surface area contributed by atoms with E-state index in [9.17, 15) is 4.79 Å². The van der Waals surface area contributed by atoms with Gasteiger partial charge in [-0.25, -0.2) is 0 Å². The predicted molar refractivity (Wildman–Crippen MR) is 65.4 cm³/mol. The monoisotopic (exact) mass is 207 g/mol. The molecular formula is C13H21NO. The molecule has 0 aliphatic carbocycles. The average Bonchev–Trinajstić information content (AvgIpc) is 2.64. The van der Waals surface area contributed by atoms with Crippen molar-refractivity contribution in [2.75, 3.05) is 6.54 Å². The third kappa shape index (κ3) is 4.63. The van der Waals surface area contributed by atoms with Crippen molar-refractivity contribution < 1.29 is 4.79 Å². The second-order valence-electron chi connectivity index (χ2n) is 3.32. The Hall–Kier alpha value is -1.31. The highest BCUT2D eigenvalue weighted by Gasteiger charge is 2.20. The zero-order valence-corrected chi connectivity index (χ0v) is 10.0. The molecule has 0 spiro atoms. The number of amides is 1. The smallest absolute Gasteiger partial charge is 0.227 e. The lowest BCUT2D eigenvalue weighted by molar-refractivity contribution is -0.125. The van der Waals surface area contributed by atoms with Crippen LogP contribution in [0.25, 0.3) is 0 Å². The Kier molecular flexibility index (Phi) is 6.43. The van der Waals surface area contributed by atoms with Gasteiger partial charge in [0, 0.05) is 18.7 Å². The van der Waals surface area contributed by atoms with Crippen LogP contribution in [0.2, 0.25) is 0 Å². The van der Waals surface area contributed by atoms with Crippen LogP contribution in [0, 0.1) is 0 Å². The van der Waals surface area contributed by atoms with Crippen molar-refractivity contribution in [3.05, 3.63) is 36.6 Å². The highest BCUT2D eigenvalue weighted by Crippen LogP contribution is 2.15. The van der Waals surface area contributed by atoms with Crippen LogP contribution >= 0.6 is 0 Å². The summed E-state index contributed by atoms with van der Waals surface area (Å²) in [5.74, 6) is 0.177. The summed E-state index contributed by atoms with van der Waals surface area (Å²) in [6.07, 6.45) is 5.30. The number of nitrogens with zero attached hydrogens (tertiary/aromatic N) is 1. The molecule has 1 aliphatic heterocycles. The summed E-state index contributed by atoms with van der Waals surface area (Å²) in [6.45, 7) is 14.3. The topological polar surface area (TPSA) is 20.3 Å². The van der Waals surface area contributed by atoms with Gasteiger partial charge in [0.15, 0.2) is 0 Å². The maximum Gasteiger partial charge on any atom is 0.227 e. The number of hydrogen-bond acceptors (Lipinski definition) is 1. The molecule has 1 aliphatic rings. The largest absolute Gasteiger partial charge is 0.313 e. The molecule has 0 saturated carbocycles. The molecule has 1 saturated heterocycles. The van der Waals surface area contributed by atoms with Gasteiger partial charge in [-0.05, 0) is 19.4 Å². The molecule has 1 fully saturated rings. The van der Waals surface area contributed by atoms with Crippen LogP contribution in [0.1, 0.15) is 33.6 Å². The van der Waals surface area contributed by atoms with Gasteiger partial charge in [-0.2, -0.15) is 0 Å². The molecule has 0 atom stereocenters. The first-order valence-electron chi connectivity index (χ1n) is 5.44. The first-order valence-corrected chi connectivity index (χ1v) is 5.44. The lowest BCUT2D eigenvalue weighted by Gasteiger charge is -2.14. The van der Waals surface area contributed by atoms with Crippen LogP contribution in [0.4, 0.5) is 0 Å².